The highest BCUT2D eigenvalue weighted by molar-refractivity contribution is 7.89. The average molecular weight is 482 g/mol. The van der Waals surface area contributed by atoms with Crippen LogP contribution in [0.3, 0.4) is 0 Å². The molecule has 0 aliphatic carbocycles. The zero-order chi connectivity index (χ0) is 24.5. The van der Waals surface area contributed by atoms with E-state index in [2.05, 4.69) is 0 Å². The van der Waals surface area contributed by atoms with E-state index in [4.69, 9.17) is 0 Å². The summed E-state index contributed by atoms with van der Waals surface area (Å²) in [5.74, 6) is -0.344. The van der Waals surface area contributed by atoms with Crippen molar-refractivity contribution in [1.29, 1.82) is 0 Å². The number of pyridine rings is 1. The van der Waals surface area contributed by atoms with Gasteiger partial charge in [-0.15, -0.1) is 0 Å². The first-order valence-corrected chi connectivity index (χ1v) is 13.2. The number of fused-ring (bicyclic) bond motifs is 2. The normalized spacial score (nSPS) is 14.2. The van der Waals surface area contributed by atoms with Crippen LogP contribution < -0.4 is 5.43 Å². The van der Waals surface area contributed by atoms with Gasteiger partial charge in [-0.3, -0.25) is 9.59 Å². The molecule has 0 unspecified atom stereocenters. The Kier molecular flexibility index (Phi) is 6.91. The van der Waals surface area contributed by atoms with Crippen LogP contribution in [-0.2, 0) is 29.5 Å². The molecular weight excluding hydrogens is 450 g/mol. The van der Waals surface area contributed by atoms with Gasteiger partial charge in [-0.2, -0.15) is 4.31 Å². The van der Waals surface area contributed by atoms with Gasteiger partial charge < -0.3 is 9.47 Å². The van der Waals surface area contributed by atoms with Gasteiger partial charge in [0.1, 0.15) is 5.56 Å². The Morgan fingerprint density at radius 2 is 1.82 bits per heavy atom. The second kappa shape index (κ2) is 9.72. The molecule has 180 valence electrons. The van der Waals surface area contributed by atoms with Crippen LogP contribution in [0.1, 0.15) is 48.2 Å². The molecular formula is C26H31N3O4S. The van der Waals surface area contributed by atoms with Gasteiger partial charge in [0.05, 0.1) is 10.4 Å². The summed E-state index contributed by atoms with van der Waals surface area (Å²) >= 11 is 0. The van der Waals surface area contributed by atoms with Gasteiger partial charge in [0.2, 0.25) is 15.5 Å². The third-order valence-electron chi connectivity index (χ3n) is 6.55. The van der Waals surface area contributed by atoms with Crippen LogP contribution >= 0.6 is 0 Å². The van der Waals surface area contributed by atoms with Crippen molar-refractivity contribution >= 4 is 26.8 Å². The minimum Gasteiger partial charge on any atom is -0.347 e. The Bertz CT molecular complexity index is 1390. The predicted molar refractivity (Wildman–Crippen MR) is 133 cm³/mol. The van der Waals surface area contributed by atoms with Crippen molar-refractivity contribution in [2.45, 2.75) is 51.1 Å². The number of rotatable bonds is 7. The van der Waals surface area contributed by atoms with Crippen molar-refractivity contribution in [3.8, 4) is 0 Å². The van der Waals surface area contributed by atoms with Crippen LogP contribution in [0.25, 0.3) is 10.9 Å². The quantitative estimate of drug-likeness (QED) is 0.516. The van der Waals surface area contributed by atoms with Crippen molar-refractivity contribution in [3.63, 3.8) is 0 Å². The largest absolute Gasteiger partial charge is 0.347 e. The lowest BCUT2D eigenvalue weighted by Gasteiger charge is -2.28. The van der Waals surface area contributed by atoms with Crippen molar-refractivity contribution in [1.82, 2.24) is 13.8 Å². The van der Waals surface area contributed by atoms with Gasteiger partial charge in [0.15, 0.2) is 0 Å². The molecule has 7 nitrogen and oxygen atoms in total. The van der Waals surface area contributed by atoms with Gasteiger partial charge in [-0.25, -0.2) is 8.42 Å². The zero-order valence-corrected chi connectivity index (χ0v) is 20.8. The van der Waals surface area contributed by atoms with Crippen molar-refractivity contribution in [2.75, 3.05) is 20.1 Å². The molecule has 0 saturated heterocycles. The summed E-state index contributed by atoms with van der Waals surface area (Å²) < 4.78 is 30.3. The number of benzene rings is 2. The number of unbranched alkanes of at least 4 members (excludes halogenated alkanes) is 1. The zero-order valence-electron chi connectivity index (χ0n) is 20.0. The standard InChI is InChI=1S/C26H31N3O4S/c1-4-6-14-27(3)26(31)23-18-28(5-2)24-12-11-21(16-22(24)25(23)30)34(32,33)29-15-13-19-9-7-8-10-20(19)17-29/h7-12,16,18H,4-6,13-15,17H2,1-3H3. The number of carbonyl (C=O) groups is 1. The topological polar surface area (TPSA) is 79.7 Å². The first-order valence-electron chi connectivity index (χ1n) is 11.8. The second-order valence-corrected chi connectivity index (χ2v) is 10.7. The Hall–Kier alpha value is -2.97. The molecule has 8 heteroatoms. The van der Waals surface area contributed by atoms with Crippen molar-refractivity contribution in [3.05, 3.63) is 75.6 Å². The van der Waals surface area contributed by atoms with E-state index in [1.165, 1.54) is 10.4 Å². The molecule has 4 rings (SSSR count). The highest BCUT2D eigenvalue weighted by atomic mass is 32.2. The molecule has 1 aliphatic heterocycles. The molecule has 0 atom stereocenters. The third-order valence-corrected chi connectivity index (χ3v) is 8.39. The summed E-state index contributed by atoms with van der Waals surface area (Å²) in [6.45, 7) is 5.76. The number of hydrogen-bond donors (Lipinski definition) is 0. The molecule has 0 saturated carbocycles. The monoisotopic (exact) mass is 481 g/mol. The number of nitrogens with zero attached hydrogens (tertiary/aromatic N) is 3. The average Bonchev–Trinajstić information content (AvgIpc) is 2.86. The maximum Gasteiger partial charge on any atom is 0.259 e. The number of aryl methyl sites for hydroxylation is 1. The van der Waals surface area contributed by atoms with E-state index in [0.29, 0.717) is 38.1 Å². The molecule has 34 heavy (non-hydrogen) atoms. The van der Waals surface area contributed by atoms with E-state index >= 15 is 0 Å². The fraction of sp³-hybridized carbons (Fsp3) is 0.385. The van der Waals surface area contributed by atoms with E-state index in [1.54, 1.807) is 30.3 Å². The van der Waals surface area contributed by atoms with E-state index in [1.807, 2.05) is 42.7 Å². The molecule has 0 fully saturated rings. The summed E-state index contributed by atoms with van der Waals surface area (Å²) in [6.07, 6.45) is 4.02. The molecule has 1 amide bonds. The Labute approximate surface area is 200 Å². The van der Waals surface area contributed by atoms with E-state index in [-0.39, 0.29) is 21.8 Å². The fourth-order valence-corrected chi connectivity index (χ4v) is 5.92. The van der Waals surface area contributed by atoms with Crippen LogP contribution in [0, 0.1) is 0 Å². The highest BCUT2D eigenvalue weighted by Gasteiger charge is 2.29. The van der Waals surface area contributed by atoms with Crippen LogP contribution in [0.15, 0.2) is 58.4 Å². The van der Waals surface area contributed by atoms with Crippen LogP contribution in [0.5, 0.6) is 0 Å². The maximum atomic E-state index is 13.5. The Morgan fingerprint density at radius 3 is 2.53 bits per heavy atom. The molecule has 1 aliphatic rings. The first-order chi connectivity index (χ1) is 16.3. The number of aromatic nitrogens is 1. The minimum atomic E-state index is -3.80. The molecule has 3 aromatic rings. The molecule has 1 aromatic heterocycles. The second-order valence-electron chi connectivity index (χ2n) is 8.77. The molecule has 0 spiro atoms. The lowest BCUT2D eigenvalue weighted by molar-refractivity contribution is 0.0791. The molecule has 2 aromatic carbocycles. The number of amides is 1. The van der Waals surface area contributed by atoms with Crippen LogP contribution in [0.2, 0.25) is 0 Å². The summed E-state index contributed by atoms with van der Waals surface area (Å²) in [4.78, 5) is 28.0. The molecule has 2 heterocycles. The maximum absolute atomic E-state index is 13.5. The number of sulfonamides is 1. The SMILES string of the molecule is CCCCN(C)C(=O)c1cn(CC)c2ccc(S(=O)(=O)N3CCc4ccccc4C3)cc2c1=O. The van der Waals surface area contributed by atoms with Crippen LogP contribution in [-0.4, -0.2) is 48.2 Å². The van der Waals surface area contributed by atoms with Gasteiger partial charge in [0.25, 0.3) is 5.91 Å². The molecule has 0 bridgehead atoms. The summed E-state index contributed by atoms with van der Waals surface area (Å²) in [7, 11) is -2.12. The summed E-state index contributed by atoms with van der Waals surface area (Å²) in [5.41, 5.74) is 2.40. The number of carbonyl (C=O) groups excluding carboxylic acids is 1. The van der Waals surface area contributed by atoms with Crippen molar-refractivity contribution < 1.29 is 13.2 Å². The Balaban J connectivity index is 1.76. The van der Waals surface area contributed by atoms with Gasteiger partial charge in [-0.05, 0) is 49.1 Å². The van der Waals surface area contributed by atoms with E-state index in [9.17, 15) is 18.0 Å². The van der Waals surface area contributed by atoms with Gasteiger partial charge >= 0.3 is 0 Å². The summed E-state index contributed by atoms with van der Waals surface area (Å²) in [6, 6.07) is 12.5. The van der Waals surface area contributed by atoms with Crippen LogP contribution in [0.4, 0.5) is 0 Å². The minimum absolute atomic E-state index is 0.0643. The Morgan fingerprint density at radius 1 is 1.09 bits per heavy atom. The number of hydrogen-bond acceptors (Lipinski definition) is 4. The fourth-order valence-electron chi connectivity index (χ4n) is 4.48. The van der Waals surface area contributed by atoms with E-state index in [0.717, 1.165) is 24.0 Å². The first kappa shape index (κ1) is 24.2. The predicted octanol–water partition coefficient (Wildman–Crippen LogP) is 3.64. The molecule has 0 radical (unpaired) electrons. The van der Waals surface area contributed by atoms with Gasteiger partial charge in [-0.1, -0.05) is 37.6 Å². The van der Waals surface area contributed by atoms with Gasteiger partial charge in [0, 0.05) is 44.8 Å². The lowest BCUT2D eigenvalue weighted by atomic mass is 10.0. The van der Waals surface area contributed by atoms with E-state index < -0.39 is 15.5 Å². The third kappa shape index (κ3) is 4.40. The lowest BCUT2D eigenvalue weighted by Crippen LogP contribution is -2.36. The molecule has 0 N–H and O–H groups in total. The van der Waals surface area contributed by atoms with Crippen molar-refractivity contribution in [2.24, 2.45) is 0 Å². The highest BCUT2D eigenvalue weighted by Crippen LogP contribution is 2.26. The summed E-state index contributed by atoms with van der Waals surface area (Å²) in [5, 5.41) is 0.245. The smallest absolute Gasteiger partial charge is 0.259 e.